The number of hydrogen-bond acceptors (Lipinski definition) is 1. The summed E-state index contributed by atoms with van der Waals surface area (Å²) in [7, 11) is 0. The molecule has 1 nitrogen and oxygen atoms in total. The molecule has 0 spiro atoms. The Morgan fingerprint density at radius 3 is 1.76 bits per heavy atom. The molecule has 0 atom stereocenters. The van der Waals surface area contributed by atoms with E-state index in [1.165, 1.54) is 132 Å². The molecule has 0 N–H and O–H groups in total. The second-order valence-corrected chi connectivity index (χ2v) is 17.0. The lowest BCUT2D eigenvalue weighted by molar-refractivity contribution is 0.445. The van der Waals surface area contributed by atoms with Gasteiger partial charge in [0.15, 0.2) is 0 Å². The molecule has 9 aromatic carbocycles. The number of rotatable bonds is 6. The van der Waals surface area contributed by atoms with Crippen molar-refractivity contribution in [3.05, 3.63) is 199 Å². The largest absolute Gasteiger partial charge is 0.309 e. The Balaban J connectivity index is 1.22. The number of para-hydroxylation sites is 2. The fraction of sp³-hybridized carbons (Fsp3) is 0.158. The van der Waals surface area contributed by atoms with Crippen LogP contribution in [0.2, 0.25) is 0 Å². The molecule has 58 heavy (non-hydrogen) atoms. The Kier molecular flexibility index (Phi) is 8.33. The maximum absolute atomic E-state index is 2.60. The molecule has 280 valence electrons. The molecule has 2 aliphatic rings. The zero-order valence-electron chi connectivity index (χ0n) is 33.4. The normalized spacial score (nSPS) is 14.8. The summed E-state index contributed by atoms with van der Waals surface area (Å²) < 4.78 is 0. The van der Waals surface area contributed by atoms with Gasteiger partial charge in [-0.3, -0.25) is 0 Å². The van der Waals surface area contributed by atoms with E-state index < -0.39 is 0 Å². The van der Waals surface area contributed by atoms with E-state index in [0.29, 0.717) is 5.92 Å². The van der Waals surface area contributed by atoms with Crippen LogP contribution in [0, 0.1) is 0 Å². The maximum Gasteiger partial charge on any atom is 0.0543 e. The van der Waals surface area contributed by atoms with Gasteiger partial charge >= 0.3 is 0 Å². The Morgan fingerprint density at radius 2 is 0.948 bits per heavy atom. The van der Waals surface area contributed by atoms with Crippen LogP contribution in [0.4, 0.5) is 17.1 Å². The molecule has 1 heteroatoms. The van der Waals surface area contributed by atoms with Gasteiger partial charge in [0.25, 0.3) is 0 Å². The molecule has 0 heterocycles. The van der Waals surface area contributed by atoms with Gasteiger partial charge in [-0.15, -0.1) is 0 Å². The first-order valence-corrected chi connectivity index (χ1v) is 21.2. The second kappa shape index (κ2) is 13.9. The van der Waals surface area contributed by atoms with E-state index in [1.54, 1.807) is 0 Å². The minimum atomic E-state index is -0.131. The summed E-state index contributed by atoms with van der Waals surface area (Å²) in [6, 6.07) is 68.5. The standard InChI is InChI=1S/C57H47N/c1-57(2)50-31-11-8-26-49(50)56-51(57)32-17-35-54(56)58(52-33-12-9-24-46(52)44-29-16-28-43-41-23-7-6-20-39(41)36-37-45(43)44)53-34-13-10-25-47(53)48-30-15-22-40-21-14-27-42(55(40)48)38-18-4-3-5-19-38/h6-17,20-38H,3-5,18-19H2,1-2H3. The van der Waals surface area contributed by atoms with Gasteiger partial charge in [0.2, 0.25) is 0 Å². The molecule has 0 unspecified atom stereocenters. The van der Waals surface area contributed by atoms with E-state index in [2.05, 4.69) is 201 Å². The lowest BCUT2D eigenvalue weighted by Crippen LogP contribution is -2.16. The van der Waals surface area contributed by atoms with Gasteiger partial charge in [-0.1, -0.05) is 197 Å². The van der Waals surface area contributed by atoms with Crippen molar-refractivity contribution < 1.29 is 0 Å². The third kappa shape index (κ3) is 5.44. The molecule has 0 saturated heterocycles. The molecule has 1 saturated carbocycles. The summed E-state index contributed by atoms with van der Waals surface area (Å²) in [4.78, 5) is 2.60. The highest BCUT2D eigenvalue weighted by atomic mass is 15.2. The molecule has 11 rings (SSSR count). The van der Waals surface area contributed by atoms with Crippen LogP contribution in [0.3, 0.4) is 0 Å². The first-order valence-electron chi connectivity index (χ1n) is 21.2. The van der Waals surface area contributed by atoms with Crippen molar-refractivity contribution in [2.24, 2.45) is 0 Å². The summed E-state index contributed by atoms with van der Waals surface area (Å²) >= 11 is 0. The first-order chi connectivity index (χ1) is 28.6. The average molecular weight is 746 g/mol. The minimum absolute atomic E-state index is 0.131. The first kappa shape index (κ1) is 34.8. The minimum Gasteiger partial charge on any atom is -0.309 e. The molecule has 1 fully saturated rings. The summed E-state index contributed by atoms with van der Waals surface area (Å²) in [6.45, 7) is 4.77. The van der Waals surface area contributed by atoms with Gasteiger partial charge < -0.3 is 4.90 Å². The molecule has 0 radical (unpaired) electrons. The molecular formula is C57H47N. The van der Waals surface area contributed by atoms with Crippen LogP contribution in [-0.4, -0.2) is 0 Å². The van der Waals surface area contributed by atoms with Crippen molar-refractivity contribution in [1.82, 2.24) is 0 Å². The number of fused-ring (bicyclic) bond motifs is 7. The highest BCUT2D eigenvalue weighted by Gasteiger charge is 2.38. The predicted molar refractivity (Wildman–Crippen MR) is 248 cm³/mol. The highest BCUT2D eigenvalue weighted by molar-refractivity contribution is 6.14. The van der Waals surface area contributed by atoms with Crippen LogP contribution in [0.1, 0.15) is 68.6 Å². The fourth-order valence-electron chi connectivity index (χ4n) is 10.7. The summed E-state index contributed by atoms with van der Waals surface area (Å²) in [6.07, 6.45) is 6.50. The van der Waals surface area contributed by atoms with Gasteiger partial charge in [0, 0.05) is 22.1 Å². The van der Waals surface area contributed by atoms with Gasteiger partial charge in [-0.05, 0) is 103 Å². The van der Waals surface area contributed by atoms with Crippen LogP contribution >= 0.6 is 0 Å². The van der Waals surface area contributed by atoms with Gasteiger partial charge in [0.05, 0.1) is 17.1 Å². The summed E-state index contributed by atoms with van der Waals surface area (Å²) in [5, 5.41) is 7.81. The van der Waals surface area contributed by atoms with Crippen LogP contribution in [0.15, 0.2) is 182 Å². The van der Waals surface area contributed by atoms with Crippen LogP contribution in [-0.2, 0) is 5.41 Å². The molecule has 0 amide bonds. The quantitative estimate of drug-likeness (QED) is 0.153. The molecule has 2 aliphatic carbocycles. The Hall–Kier alpha value is -6.44. The zero-order valence-corrected chi connectivity index (χ0v) is 33.4. The lowest BCUT2D eigenvalue weighted by Gasteiger charge is -2.32. The van der Waals surface area contributed by atoms with Crippen molar-refractivity contribution in [2.45, 2.75) is 57.3 Å². The number of hydrogen-bond donors (Lipinski definition) is 0. The van der Waals surface area contributed by atoms with Crippen molar-refractivity contribution in [2.75, 3.05) is 4.90 Å². The third-order valence-electron chi connectivity index (χ3n) is 13.5. The molecular weight excluding hydrogens is 699 g/mol. The van der Waals surface area contributed by atoms with Crippen molar-refractivity contribution in [3.63, 3.8) is 0 Å². The summed E-state index contributed by atoms with van der Waals surface area (Å²) in [5.41, 5.74) is 15.3. The number of nitrogens with zero attached hydrogens (tertiary/aromatic N) is 1. The van der Waals surface area contributed by atoms with E-state index >= 15 is 0 Å². The molecule has 0 bridgehead atoms. The van der Waals surface area contributed by atoms with E-state index in [-0.39, 0.29) is 5.41 Å². The van der Waals surface area contributed by atoms with Gasteiger partial charge in [0.1, 0.15) is 0 Å². The number of anilines is 3. The average Bonchev–Trinajstić information content (AvgIpc) is 3.52. The van der Waals surface area contributed by atoms with Crippen LogP contribution in [0.5, 0.6) is 0 Å². The van der Waals surface area contributed by atoms with Gasteiger partial charge in [-0.25, -0.2) is 0 Å². The fourth-order valence-corrected chi connectivity index (χ4v) is 10.7. The molecule has 0 aliphatic heterocycles. The van der Waals surface area contributed by atoms with Crippen LogP contribution < -0.4 is 4.90 Å². The predicted octanol–water partition coefficient (Wildman–Crippen LogP) is 16.3. The monoisotopic (exact) mass is 745 g/mol. The smallest absolute Gasteiger partial charge is 0.0543 e. The molecule has 9 aromatic rings. The van der Waals surface area contributed by atoms with E-state index in [1.807, 2.05) is 0 Å². The number of benzene rings is 9. The van der Waals surface area contributed by atoms with Crippen molar-refractivity contribution in [3.8, 4) is 33.4 Å². The van der Waals surface area contributed by atoms with Crippen molar-refractivity contribution in [1.29, 1.82) is 0 Å². The highest BCUT2D eigenvalue weighted by Crippen LogP contribution is 2.56. The SMILES string of the molecule is CC1(C)c2ccccc2-c2c(N(c3ccccc3-c3cccc4c3ccc3ccccc34)c3ccccc3-c3cccc4cccc(C5CCCCC5)c34)cccc21. The Labute approximate surface area is 342 Å². The van der Waals surface area contributed by atoms with E-state index in [9.17, 15) is 0 Å². The topological polar surface area (TPSA) is 3.24 Å². The van der Waals surface area contributed by atoms with Gasteiger partial charge in [-0.2, -0.15) is 0 Å². The van der Waals surface area contributed by atoms with Crippen molar-refractivity contribution >= 4 is 49.4 Å². The lowest BCUT2D eigenvalue weighted by atomic mass is 9.80. The summed E-state index contributed by atoms with van der Waals surface area (Å²) in [5.74, 6) is 0.584. The van der Waals surface area contributed by atoms with E-state index in [4.69, 9.17) is 0 Å². The molecule has 0 aromatic heterocycles. The Bertz CT molecular complexity index is 3030. The van der Waals surface area contributed by atoms with E-state index in [0.717, 1.165) is 0 Å². The third-order valence-corrected chi connectivity index (χ3v) is 13.5. The Morgan fingerprint density at radius 1 is 0.397 bits per heavy atom. The zero-order chi connectivity index (χ0) is 38.8. The van der Waals surface area contributed by atoms with Crippen LogP contribution in [0.25, 0.3) is 65.7 Å². The second-order valence-electron chi connectivity index (χ2n) is 17.0. The maximum atomic E-state index is 2.60.